The lowest BCUT2D eigenvalue weighted by Crippen LogP contribution is -2.46. The molecule has 0 aliphatic carbocycles. The Balaban J connectivity index is 1.24. The lowest BCUT2D eigenvalue weighted by atomic mass is 10.1. The minimum atomic E-state index is 0.536. The van der Waals surface area contributed by atoms with Crippen molar-refractivity contribution < 1.29 is 4.74 Å². The van der Waals surface area contributed by atoms with E-state index in [-0.39, 0.29) is 0 Å². The normalized spacial score (nSPS) is 14.7. The van der Waals surface area contributed by atoms with E-state index in [1.54, 1.807) is 24.6 Å². The minimum Gasteiger partial charge on any atom is -0.383 e. The number of pyridine rings is 1. The minimum absolute atomic E-state index is 0.536. The van der Waals surface area contributed by atoms with Gasteiger partial charge >= 0.3 is 0 Å². The highest BCUT2D eigenvalue weighted by Crippen LogP contribution is 2.39. The van der Waals surface area contributed by atoms with Gasteiger partial charge in [-0.05, 0) is 47.5 Å². The monoisotopic (exact) mass is 522 g/mol. The number of nitriles is 1. The molecule has 0 unspecified atom stereocenters. The third kappa shape index (κ3) is 5.15. The van der Waals surface area contributed by atoms with Crippen molar-refractivity contribution in [2.75, 3.05) is 51.8 Å². The molecular formula is C30H30N6OS. The van der Waals surface area contributed by atoms with Crippen molar-refractivity contribution >= 4 is 43.8 Å². The summed E-state index contributed by atoms with van der Waals surface area (Å²) in [6, 6.07) is 21.5. The molecule has 6 rings (SSSR count). The second kappa shape index (κ2) is 10.9. The van der Waals surface area contributed by atoms with Crippen LogP contribution in [0.2, 0.25) is 0 Å². The van der Waals surface area contributed by atoms with Gasteiger partial charge in [-0.2, -0.15) is 5.26 Å². The number of nitrogens with zero attached hydrogens (tertiary/aromatic N) is 4. The fourth-order valence-corrected chi connectivity index (χ4v) is 6.11. The van der Waals surface area contributed by atoms with Crippen molar-refractivity contribution in [3.8, 4) is 16.5 Å². The van der Waals surface area contributed by atoms with E-state index in [1.807, 2.05) is 24.4 Å². The number of benzene rings is 2. The molecular weight excluding hydrogens is 492 g/mol. The zero-order valence-corrected chi connectivity index (χ0v) is 22.2. The van der Waals surface area contributed by atoms with E-state index in [2.05, 4.69) is 67.6 Å². The number of methoxy groups -OCH3 is 1. The standard InChI is InChI=1S/C30H30N6OS/c1-37-14-13-35-9-11-36(12-10-35)20-21-3-2-4-23(15-21)28-17-26-29(24(18-31)19-33-30(26)38-28)34-25-5-6-27-22(16-25)7-8-32-27/h2-8,15-17,19,32H,9-14,20H2,1H3,(H,33,34). The summed E-state index contributed by atoms with van der Waals surface area (Å²) in [6.45, 7) is 7.05. The van der Waals surface area contributed by atoms with Crippen molar-refractivity contribution in [3.05, 3.63) is 78.1 Å². The Hall–Kier alpha value is -3.74. The quantitative estimate of drug-likeness (QED) is 0.267. The smallest absolute Gasteiger partial charge is 0.126 e. The summed E-state index contributed by atoms with van der Waals surface area (Å²) in [5.41, 5.74) is 5.86. The van der Waals surface area contributed by atoms with Crippen molar-refractivity contribution in [2.24, 2.45) is 0 Å². The number of piperazine rings is 1. The van der Waals surface area contributed by atoms with E-state index in [1.165, 1.54) is 11.1 Å². The second-order valence-corrected chi connectivity index (χ2v) is 10.7. The van der Waals surface area contributed by atoms with Crippen molar-refractivity contribution in [1.29, 1.82) is 5.26 Å². The molecule has 0 spiro atoms. The van der Waals surface area contributed by atoms with Crippen molar-refractivity contribution in [2.45, 2.75) is 6.54 Å². The van der Waals surface area contributed by atoms with Gasteiger partial charge < -0.3 is 15.0 Å². The molecule has 0 saturated carbocycles. The number of H-pyrrole nitrogens is 1. The number of nitrogens with one attached hydrogen (secondary N) is 2. The van der Waals surface area contributed by atoms with Gasteiger partial charge in [0.1, 0.15) is 10.9 Å². The zero-order valence-electron chi connectivity index (χ0n) is 21.4. The predicted molar refractivity (Wildman–Crippen MR) is 155 cm³/mol. The van der Waals surface area contributed by atoms with Gasteiger partial charge in [-0.3, -0.25) is 9.80 Å². The Kier molecular flexibility index (Phi) is 7.08. The highest BCUT2D eigenvalue weighted by Gasteiger charge is 2.18. The van der Waals surface area contributed by atoms with Gasteiger partial charge in [-0.25, -0.2) is 4.98 Å². The maximum Gasteiger partial charge on any atom is 0.126 e. The number of hydrogen-bond donors (Lipinski definition) is 2. The molecule has 7 nitrogen and oxygen atoms in total. The largest absolute Gasteiger partial charge is 0.383 e. The van der Waals surface area contributed by atoms with Crippen LogP contribution in [0, 0.1) is 11.3 Å². The van der Waals surface area contributed by atoms with Gasteiger partial charge in [0.05, 0.1) is 17.9 Å². The van der Waals surface area contributed by atoms with Gasteiger partial charge in [0.2, 0.25) is 0 Å². The van der Waals surface area contributed by atoms with Gasteiger partial charge in [0.25, 0.3) is 0 Å². The highest BCUT2D eigenvalue weighted by atomic mass is 32.1. The van der Waals surface area contributed by atoms with Crippen LogP contribution in [0.15, 0.2) is 67.0 Å². The fraction of sp³-hybridized carbons (Fsp3) is 0.267. The summed E-state index contributed by atoms with van der Waals surface area (Å²) in [7, 11) is 1.76. The third-order valence-electron chi connectivity index (χ3n) is 7.20. The van der Waals surface area contributed by atoms with Crippen molar-refractivity contribution in [3.63, 3.8) is 0 Å². The van der Waals surface area contributed by atoms with Gasteiger partial charge in [-0.1, -0.05) is 18.2 Å². The van der Waals surface area contributed by atoms with Crippen LogP contribution in [0.3, 0.4) is 0 Å². The molecule has 1 fully saturated rings. The molecule has 0 amide bonds. The van der Waals surface area contributed by atoms with Crippen molar-refractivity contribution in [1.82, 2.24) is 19.8 Å². The Morgan fingerprint density at radius 3 is 2.79 bits per heavy atom. The molecule has 1 aliphatic heterocycles. The Morgan fingerprint density at radius 2 is 1.95 bits per heavy atom. The number of aromatic nitrogens is 2. The molecule has 3 aromatic heterocycles. The first-order valence-electron chi connectivity index (χ1n) is 12.9. The molecule has 0 bridgehead atoms. The molecule has 0 atom stereocenters. The van der Waals surface area contributed by atoms with Crippen LogP contribution in [0.1, 0.15) is 11.1 Å². The Bertz CT molecular complexity index is 1610. The van der Waals surface area contributed by atoms with Gasteiger partial charge in [-0.15, -0.1) is 11.3 Å². The number of hydrogen-bond acceptors (Lipinski definition) is 7. The summed E-state index contributed by atoms with van der Waals surface area (Å²) in [5, 5.41) is 15.4. The molecule has 8 heteroatoms. The van der Waals surface area contributed by atoms with Gasteiger partial charge in [0, 0.05) is 85.6 Å². The van der Waals surface area contributed by atoms with E-state index in [9.17, 15) is 5.26 Å². The van der Waals surface area contributed by atoms with Crippen LogP contribution >= 0.6 is 11.3 Å². The first-order chi connectivity index (χ1) is 18.7. The first kappa shape index (κ1) is 24.6. The molecule has 4 heterocycles. The second-order valence-electron chi connectivity index (χ2n) is 9.70. The number of rotatable bonds is 8. The summed E-state index contributed by atoms with van der Waals surface area (Å²) in [4.78, 5) is 14.9. The van der Waals surface area contributed by atoms with Crippen LogP contribution in [-0.2, 0) is 11.3 Å². The zero-order chi connectivity index (χ0) is 25.9. The van der Waals surface area contributed by atoms with E-state index in [4.69, 9.17) is 4.74 Å². The third-order valence-corrected chi connectivity index (χ3v) is 8.29. The number of fused-ring (bicyclic) bond motifs is 2. The molecule has 192 valence electrons. The molecule has 2 N–H and O–H groups in total. The van der Waals surface area contributed by atoms with Crippen LogP contribution in [0.25, 0.3) is 31.6 Å². The van der Waals surface area contributed by atoms with E-state index < -0.39 is 0 Å². The molecule has 38 heavy (non-hydrogen) atoms. The summed E-state index contributed by atoms with van der Waals surface area (Å²) < 4.78 is 5.23. The maximum atomic E-state index is 9.82. The van der Waals surface area contributed by atoms with Crippen LogP contribution in [0.4, 0.5) is 11.4 Å². The summed E-state index contributed by atoms with van der Waals surface area (Å²) >= 11 is 1.66. The average Bonchev–Trinajstić information content (AvgIpc) is 3.60. The van der Waals surface area contributed by atoms with E-state index in [0.717, 1.165) is 83.2 Å². The predicted octanol–water partition coefficient (Wildman–Crippen LogP) is 5.82. The topological polar surface area (TPSA) is 80.2 Å². The van der Waals surface area contributed by atoms with Crippen LogP contribution in [-0.4, -0.2) is 66.2 Å². The summed E-state index contributed by atoms with van der Waals surface area (Å²) in [6.07, 6.45) is 3.60. The van der Waals surface area contributed by atoms with Gasteiger partial charge in [0.15, 0.2) is 0 Å². The lowest BCUT2D eigenvalue weighted by molar-refractivity contribution is 0.0938. The number of thiophene rings is 1. The lowest BCUT2D eigenvalue weighted by Gasteiger charge is -2.34. The molecule has 2 aromatic carbocycles. The number of aromatic amines is 1. The van der Waals surface area contributed by atoms with Crippen LogP contribution < -0.4 is 5.32 Å². The maximum absolute atomic E-state index is 9.82. The van der Waals surface area contributed by atoms with E-state index >= 15 is 0 Å². The SMILES string of the molecule is COCCN1CCN(Cc2cccc(-c3cc4c(Nc5ccc6[nH]ccc6c5)c(C#N)cnc4s3)c2)CC1. The Labute approximate surface area is 226 Å². The first-order valence-corrected chi connectivity index (χ1v) is 13.7. The highest BCUT2D eigenvalue weighted by molar-refractivity contribution is 7.22. The van der Waals surface area contributed by atoms with Crippen LogP contribution in [0.5, 0.6) is 0 Å². The molecule has 0 radical (unpaired) electrons. The fourth-order valence-electron chi connectivity index (χ4n) is 5.10. The average molecular weight is 523 g/mol. The summed E-state index contributed by atoms with van der Waals surface area (Å²) in [5.74, 6) is 0. The molecule has 1 aliphatic rings. The Morgan fingerprint density at radius 1 is 1.08 bits per heavy atom. The van der Waals surface area contributed by atoms with E-state index in [0.29, 0.717) is 5.56 Å². The molecule has 5 aromatic rings. The number of ether oxygens (including phenoxy) is 1. The number of anilines is 2. The molecule has 1 saturated heterocycles.